The van der Waals surface area contributed by atoms with E-state index in [1.165, 1.54) is 24.3 Å². The van der Waals surface area contributed by atoms with Crippen molar-refractivity contribution >= 4 is 21.7 Å². The number of esters is 1. The van der Waals surface area contributed by atoms with Gasteiger partial charge in [0.25, 0.3) is 5.91 Å². The third kappa shape index (κ3) is 5.65. The van der Waals surface area contributed by atoms with Gasteiger partial charge in [0.15, 0.2) is 16.4 Å². The van der Waals surface area contributed by atoms with Gasteiger partial charge in [-0.1, -0.05) is 48.9 Å². The van der Waals surface area contributed by atoms with E-state index in [4.69, 9.17) is 4.74 Å². The molecule has 2 aromatic rings. The van der Waals surface area contributed by atoms with E-state index in [1.807, 2.05) is 38.1 Å². The van der Waals surface area contributed by atoms with E-state index in [9.17, 15) is 18.0 Å². The summed E-state index contributed by atoms with van der Waals surface area (Å²) in [6.07, 6.45) is 1.69. The summed E-state index contributed by atoms with van der Waals surface area (Å²) in [7, 11) is -3.58. The molecule has 2 aromatic carbocycles. The summed E-state index contributed by atoms with van der Waals surface area (Å²) in [5.41, 5.74) is 2.00. The van der Waals surface area contributed by atoms with Crippen molar-refractivity contribution in [3.63, 3.8) is 0 Å². The molecule has 0 radical (unpaired) electrons. The number of amides is 1. The third-order valence-electron chi connectivity index (χ3n) is 4.06. The molecule has 0 heterocycles. The lowest BCUT2D eigenvalue weighted by Crippen LogP contribution is -2.32. The van der Waals surface area contributed by atoms with E-state index in [1.54, 1.807) is 0 Å². The molecule has 0 aliphatic heterocycles. The van der Waals surface area contributed by atoms with Gasteiger partial charge in [-0.2, -0.15) is 0 Å². The molecule has 0 saturated heterocycles. The fraction of sp³-hybridized carbons (Fsp3) is 0.300. The molecule has 1 N–H and O–H groups in total. The molecule has 0 saturated carbocycles. The number of benzene rings is 2. The van der Waals surface area contributed by atoms with Crippen LogP contribution < -0.4 is 5.32 Å². The molecule has 6 nitrogen and oxygen atoms in total. The molecule has 0 fully saturated rings. The molecular formula is C20H23NO5S. The van der Waals surface area contributed by atoms with Gasteiger partial charge in [0.1, 0.15) is 0 Å². The Kier molecular flexibility index (Phi) is 6.74. The predicted molar refractivity (Wildman–Crippen MR) is 102 cm³/mol. The van der Waals surface area contributed by atoms with Crippen molar-refractivity contribution in [2.24, 2.45) is 0 Å². The third-order valence-corrected chi connectivity index (χ3v) is 5.22. The first-order valence-corrected chi connectivity index (χ1v) is 10.4. The number of hydrogen-bond donors (Lipinski definition) is 1. The van der Waals surface area contributed by atoms with Gasteiger partial charge in [0, 0.05) is 6.26 Å². The van der Waals surface area contributed by atoms with Crippen LogP contribution in [-0.2, 0) is 19.4 Å². The molecule has 0 bridgehead atoms. The Labute approximate surface area is 159 Å². The highest BCUT2D eigenvalue weighted by atomic mass is 32.2. The molecule has 1 amide bonds. The number of ether oxygens (including phenoxy) is 1. The van der Waals surface area contributed by atoms with Crippen molar-refractivity contribution in [2.75, 3.05) is 12.9 Å². The molecule has 2 rings (SSSR count). The second-order valence-corrected chi connectivity index (χ2v) is 8.27. The maximum Gasteiger partial charge on any atom is 0.339 e. The van der Waals surface area contributed by atoms with Gasteiger partial charge in [-0.25, -0.2) is 13.2 Å². The lowest BCUT2D eigenvalue weighted by molar-refractivity contribution is -0.125. The second-order valence-electron chi connectivity index (χ2n) is 6.28. The van der Waals surface area contributed by atoms with Crippen LogP contribution in [0.15, 0.2) is 53.4 Å². The van der Waals surface area contributed by atoms with Crippen LogP contribution in [0.3, 0.4) is 0 Å². The highest BCUT2D eigenvalue weighted by Crippen LogP contribution is 2.18. The minimum atomic E-state index is -3.58. The Morgan fingerprint density at radius 1 is 1.07 bits per heavy atom. The SMILES string of the molecule is CC[C@H](NC(=O)COC(=O)c1ccccc1S(C)(=O)=O)c1ccc(C)cc1. The zero-order chi connectivity index (χ0) is 20.0. The van der Waals surface area contributed by atoms with Gasteiger partial charge in [-0.3, -0.25) is 4.79 Å². The summed E-state index contributed by atoms with van der Waals surface area (Å²) < 4.78 is 28.6. The number of rotatable bonds is 7. The van der Waals surface area contributed by atoms with E-state index in [2.05, 4.69) is 5.32 Å². The van der Waals surface area contributed by atoms with Crippen LogP contribution in [0.5, 0.6) is 0 Å². The first-order chi connectivity index (χ1) is 12.7. The Bertz CT molecular complexity index is 920. The van der Waals surface area contributed by atoms with Crippen LogP contribution in [0.4, 0.5) is 0 Å². The first kappa shape index (κ1) is 20.6. The summed E-state index contributed by atoms with van der Waals surface area (Å²) in [4.78, 5) is 24.3. The summed E-state index contributed by atoms with van der Waals surface area (Å²) in [5.74, 6) is -1.30. The van der Waals surface area contributed by atoms with Crippen LogP contribution in [-0.4, -0.2) is 33.2 Å². The number of sulfone groups is 1. The van der Waals surface area contributed by atoms with E-state index in [-0.39, 0.29) is 16.5 Å². The van der Waals surface area contributed by atoms with Crippen LogP contribution in [0.2, 0.25) is 0 Å². The number of hydrogen-bond acceptors (Lipinski definition) is 5. The monoisotopic (exact) mass is 389 g/mol. The Hall–Kier alpha value is -2.67. The molecular weight excluding hydrogens is 366 g/mol. The van der Waals surface area contributed by atoms with Crippen molar-refractivity contribution < 1.29 is 22.7 Å². The minimum Gasteiger partial charge on any atom is -0.452 e. The van der Waals surface area contributed by atoms with Crippen molar-refractivity contribution in [1.82, 2.24) is 5.32 Å². The molecule has 0 aliphatic carbocycles. The lowest BCUT2D eigenvalue weighted by atomic mass is 10.0. The highest BCUT2D eigenvalue weighted by Gasteiger charge is 2.20. The Morgan fingerprint density at radius 3 is 2.30 bits per heavy atom. The molecule has 0 aromatic heterocycles. The van der Waals surface area contributed by atoms with E-state index >= 15 is 0 Å². The fourth-order valence-corrected chi connectivity index (χ4v) is 3.50. The number of carbonyl (C=O) groups excluding carboxylic acids is 2. The minimum absolute atomic E-state index is 0.0848. The fourth-order valence-electron chi connectivity index (χ4n) is 2.62. The van der Waals surface area contributed by atoms with Crippen molar-refractivity contribution in [3.8, 4) is 0 Å². The van der Waals surface area contributed by atoms with Crippen molar-refractivity contribution in [1.29, 1.82) is 0 Å². The van der Waals surface area contributed by atoms with Gasteiger partial charge in [-0.05, 0) is 31.0 Å². The van der Waals surface area contributed by atoms with Crippen LogP contribution >= 0.6 is 0 Å². The summed E-state index contributed by atoms with van der Waals surface area (Å²) in [5, 5.41) is 2.82. The van der Waals surface area contributed by atoms with Crippen LogP contribution in [0, 0.1) is 6.92 Å². The van der Waals surface area contributed by atoms with E-state index in [0.717, 1.165) is 17.4 Å². The second kappa shape index (κ2) is 8.81. The quantitative estimate of drug-likeness (QED) is 0.736. The molecule has 7 heteroatoms. The number of aryl methyl sites for hydroxylation is 1. The number of nitrogens with one attached hydrogen (secondary N) is 1. The topological polar surface area (TPSA) is 89.5 Å². The zero-order valence-corrected chi connectivity index (χ0v) is 16.4. The van der Waals surface area contributed by atoms with E-state index in [0.29, 0.717) is 6.42 Å². The smallest absolute Gasteiger partial charge is 0.339 e. The van der Waals surface area contributed by atoms with Gasteiger partial charge in [0.2, 0.25) is 0 Å². The summed E-state index contributed by atoms with van der Waals surface area (Å²) >= 11 is 0. The maximum absolute atomic E-state index is 12.2. The molecule has 0 aliphatic rings. The molecule has 27 heavy (non-hydrogen) atoms. The van der Waals surface area contributed by atoms with Crippen molar-refractivity contribution in [2.45, 2.75) is 31.2 Å². The molecule has 1 atom stereocenters. The molecule has 0 unspecified atom stereocenters. The normalized spacial score (nSPS) is 12.3. The molecule has 0 spiro atoms. The van der Waals surface area contributed by atoms with E-state index < -0.39 is 28.3 Å². The lowest BCUT2D eigenvalue weighted by Gasteiger charge is -2.18. The Balaban J connectivity index is 2.01. The van der Waals surface area contributed by atoms with Crippen molar-refractivity contribution in [3.05, 3.63) is 65.2 Å². The van der Waals surface area contributed by atoms with Gasteiger partial charge in [-0.15, -0.1) is 0 Å². The number of carbonyl (C=O) groups is 2. The first-order valence-electron chi connectivity index (χ1n) is 8.54. The van der Waals surface area contributed by atoms with Gasteiger partial charge in [0.05, 0.1) is 16.5 Å². The Morgan fingerprint density at radius 2 is 1.70 bits per heavy atom. The standard InChI is InChI=1S/C20H23NO5S/c1-4-17(15-11-9-14(2)10-12-15)21-19(22)13-26-20(23)16-7-5-6-8-18(16)27(3,24)25/h5-12,17H,4,13H2,1-3H3,(H,21,22)/t17-/m0/s1. The molecule has 144 valence electrons. The highest BCUT2D eigenvalue weighted by molar-refractivity contribution is 7.90. The average Bonchev–Trinajstić information content (AvgIpc) is 2.64. The van der Waals surface area contributed by atoms with Gasteiger partial charge >= 0.3 is 5.97 Å². The maximum atomic E-state index is 12.2. The zero-order valence-electron chi connectivity index (χ0n) is 15.6. The predicted octanol–water partition coefficient (Wildman–Crippen LogP) is 2.82. The summed E-state index contributed by atoms with van der Waals surface area (Å²) in [6, 6.07) is 13.4. The van der Waals surface area contributed by atoms with Crippen LogP contribution in [0.1, 0.15) is 40.9 Å². The largest absolute Gasteiger partial charge is 0.452 e. The van der Waals surface area contributed by atoms with Gasteiger partial charge < -0.3 is 10.1 Å². The average molecular weight is 389 g/mol. The van der Waals surface area contributed by atoms with Crippen LogP contribution in [0.25, 0.3) is 0 Å². The summed E-state index contributed by atoms with van der Waals surface area (Å²) in [6.45, 7) is 3.44.